The van der Waals surface area contributed by atoms with Gasteiger partial charge in [0.1, 0.15) is 5.82 Å². The minimum Gasteiger partial charge on any atom is -0.382 e. The van der Waals surface area contributed by atoms with Gasteiger partial charge in [-0.05, 0) is 38.8 Å². The molecule has 1 heterocycles. The molecule has 1 aromatic carbocycles. The van der Waals surface area contributed by atoms with Gasteiger partial charge in [-0.15, -0.1) is 24.0 Å². The first-order valence-corrected chi connectivity index (χ1v) is 9.36. The Balaban J connectivity index is 0.00000338. The van der Waals surface area contributed by atoms with Crippen molar-refractivity contribution in [1.82, 2.24) is 10.2 Å². The van der Waals surface area contributed by atoms with E-state index in [-0.39, 0.29) is 29.8 Å². The molecular formula is C19H32FIN4O. The molecule has 0 atom stereocenters. The molecule has 0 saturated carbocycles. The van der Waals surface area contributed by atoms with Crippen LogP contribution in [0.3, 0.4) is 0 Å². The maximum absolute atomic E-state index is 13.9. The fraction of sp³-hybridized carbons (Fsp3) is 0.632. The molecule has 1 aliphatic rings. The number of nitrogens with one attached hydrogen (secondary N) is 1. The van der Waals surface area contributed by atoms with Gasteiger partial charge in [-0.3, -0.25) is 4.99 Å². The highest BCUT2D eigenvalue weighted by Crippen LogP contribution is 2.20. The summed E-state index contributed by atoms with van der Waals surface area (Å²) in [6, 6.07) is 6.99. The highest BCUT2D eigenvalue weighted by molar-refractivity contribution is 14.0. The summed E-state index contributed by atoms with van der Waals surface area (Å²) in [4.78, 5) is 9.11. The molecule has 5 nitrogen and oxygen atoms in total. The third-order valence-electron chi connectivity index (χ3n) is 4.27. The third-order valence-corrected chi connectivity index (χ3v) is 4.27. The SMILES string of the molecule is CCNC(=NCCCCOCC)N1CCN(c2ccccc2F)CC1.I. The summed E-state index contributed by atoms with van der Waals surface area (Å²) >= 11 is 0. The minimum absolute atomic E-state index is 0. The van der Waals surface area contributed by atoms with Crippen LogP contribution in [0.15, 0.2) is 29.3 Å². The van der Waals surface area contributed by atoms with E-state index in [0.29, 0.717) is 5.69 Å². The van der Waals surface area contributed by atoms with Crippen LogP contribution < -0.4 is 10.2 Å². The number of rotatable bonds is 8. The zero-order valence-electron chi connectivity index (χ0n) is 15.9. The Morgan fingerprint density at radius 2 is 1.88 bits per heavy atom. The van der Waals surface area contributed by atoms with Crippen molar-refractivity contribution in [3.63, 3.8) is 0 Å². The van der Waals surface area contributed by atoms with Crippen LogP contribution in [0.25, 0.3) is 0 Å². The molecule has 0 bridgehead atoms. The van der Waals surface area contributed by atoms with Gasteiger partial charge in [0.25, 0.3) is 0 Å². The molecule has 1 saturated heterocycles. The van der Waals surface area contributed by atoms with Crippen molar-refractivity contribution >= 4 is 35.6 Å². The van der Waals surface area contributed by atoms with Crippen LogP contribution >= 0.6 is 24.0 Å². The summed E-state index contributed by atoms with van der Waals surface area (Å²) in [6.45, 7) is 10.6. The van der Waals surface area contributed by atoms with E-state index in [4.69, 9.17) is 9.73 Å². The lowest BCUT2D eigenvalue weighted by atomic mass is 10.2. The fourth-order valence-corrected chi connectivity index (χ4v) is 2.94. The van der Waals surface area contributed by atoms with Crippen molar-refractivity contribution in [2.45, 2.75) is 26.7 Å². The quantitative estimate of drug-likeness (QED) is 0.269. The number of halogens is 2. The summed E-state index contributed by atoms with van der Waals surface area (Å²) in [5.41, 5.74) is 0.694. The van der Waals surface area contributed by atoms with Crippen molar-refractivity contribution in [3.05, 3.63) is 30.1 Å². The monoisotopic (exact) mass is 478 g/mol. The molecule has 1 N–H and O–H groups in total. The predicted octanol–water partition coefficient (Wildman–Crippen LogP) is 3.35. The molecular weight excluding hydrogens is 446 g/mol. The number of hydrogen-bond acceptors (Lipinski definition) is 3. The highest BCUT2D eigenvalue weighted by Gasteiger charge is 2.21. The molecule has 2 rings (SSSR count). The van der Waals surface area contributed by atoms with Gasteiger partial charge in [0.05, 0.1) is 5.69 Å². The lowest BCUT2D eigenvalue weighted by Crippen LogP contribution is -2.52. The fourth-order valence-electron chi connectivity index (χ4n) is 2.94. The second-order valence-electron chi connectivity index (χ2n) is 6.07. The van der Waals surface area contributed by atoms with Crippen LogP contribution in [-0.4, -0.2) is 63.3 Å². The Hall–Kier alpha value is -1.09. The van der Waals surface area contributed by atoms with E-state index in [9.17, 15) is 4.39 Å². The lowest BCUT2D eigenvalue weighted by Gasteiger charge is -2.37. The molecule has 26 heavy (non-hydrogen) atoms. The zero-order valence-corrected chi connectivity index (χ0v) is 18.2. The number of unbranched alkanes of at least 4 members (excludes halogenated alkanes) is 1. The van der Waals surface area contributed by atoms with Crippen LogP contribution in [-0.2, 0) is 4.74 Å². The number of benzene rings is 1. The molecule has 148 valence electrons. The maximum atomic E-state index is 13.9. The van der Waals surface area contributed by atoms with Crippen molar-refractivity contribution < 1.29 is 9.13 Å². The average molecular weight is 478 g/mol. The number of anilines is 1. The van der Waals surface area contributed by atoms with Crippen molar-refractivity contribution in [2.24, 2.45) is 4.99 Å². The number of guanidine groups is 1. The summed E-state index contributed by atoms with van der Waals surface area (Å²) in [5.74, 6) is 0.818. The molecule has 1 aromatic rings. The van der Waals surface area contributed by atoms with Gasteiger partial charge < -0.3 is 19.9 Å². The minimum atomic E-state index is -0.147. The largest absolute Gasteiger partial charge is 0.382 e. The molecule has 0 aliphatic carbocycles. The third kappa shape index (κ3) is 7.26. The van der Waals surface area contributed by atoms with Crippen molar-refractivity contribution in [2.75, 3.05) is 57.4 Å². The summed E-state index contributed by atoms with van der Waals surface area (Å²) in [7, 11) is 0. The second kappa shape index (κ2) is 13.1. The topological polar surface area (TPSA) is 40.1 Å². The number of hydrogen-bond donors (Lipinski definition) is 1. The zero-order chi connectivity index (χ0) is 17.9. The van der Waals surface area contributed by atoms with Gasteiger partial charge in [-0.1, -0.05) is 12.1 Å². The Bertz CT molecular complexity index is 536. The van der Waals surface area contributed by atoms with E-state index in [1.54, 1.807) is 6.07 Å². The Morgan fingerprint density at radius 3 is 2.54 bits per heavy atom. The number of nitrogens with zero attached hydrogens (tertiary/aromatic N) is 3. The van der Waals surface area contributed by atoms with E-state index in [2.05, 4.69) is 22.0 Å². The van der Waals surface area contributed by atoms with Crippen LogP contribution in [0.1, 0.15) is 26.7 Å². The van der Waals surface area contributed by atoms with E-state index < -0.39 is 0 Å². The Labute approximate surface area is 174 Å². The standard InChI is InChI=1S/C19H31FN4O.HI/c1-3-21-19(22-11-7-8-16-25-4-2)24-14-12-23(13-15-24)18-10-6-5-9-17(18)20;/h5-6,9-10H,3-4,7-8,11-16H2,1-2H3,(H,21,22);1H. The van der Waals surface area contributed by atoms with Crippen molar-refractivity contribution in [3.8, 4) is 0 Å². The smallest absolute Gasteiger partial charge is 0.194 e. The van der Waals surface area contributed by atoms with E-state index in [1.165, 1.54) is 6.07 Å². The Kier molecular flexibility index (Phi) is 11.6. The molecule has 0 aromatic heterocycles. The van der Waals surface area contributed by atoms with Crippen LogP contribution in [0.2, 0.25) is 0 Å². The number of para-hydroxylation sites is 1. The first kappa shape index (κ1) is 23.0. The number of ether oxygens (including phenoxy) is 1. The molecule has 0 radical (unpaired) electrons. The molecule has 0 spiro atoms. The second-order valence-corrected chi connectivity index (χ2v) is 6.07. The van der Waals surface area contributed by atoms with E-state index >= 15 is 0 Å². The normalized spacial score (nSPS) is 15.0. The van der Waals surface area contributed by atoms with Gasteiger partial charge in [-0.25, -0.2) is 4.39 Å². The van der Waals surface area contributed by atoms with Gasteiger partial charge in [-0.2, -0.15) is 0 Å². The maximum Gasteiger partial charge on any atom is 0.194 e. The van der Waals surface area contributed by atoms with Gasteiger partial charge in [0.15, 0.2) is 5.96 Å². The van der Waals surface area contributed by atoms with Gasteiger partial charge in [0.2, 0.25) is 0 Å². The number of piperazine rings is 1. The number of aliphatic imine (C=N–C) groups is 1. The predicted molar refractivity (Wildman–Crippen MR) is 117 cm³/mol. The molecule has 1 fully saturated rings. The van der Waals surface area contributed by atoms with Crippen LogP contribution in [0.5, 0.6) is 0 Å². The van der Waals surface area contributed by atoms with Crippen molar-refractivity contribution in [1.29, 1.82) is 0 Å². The van der Waals surface area contributed by atoms with E-state index in [1.807, 2.05) is 19.1 Å². The Morgan fingerprint density at radius 1 is 1.15 bits per heavy atom. The summed E-state index contributed by atoms with van der Waals surface area (Å²) in [6.07, 6.45) is 2.07. The lowest BCUT2D eigenvalue weighted by molar-refractivity contribution is 0.144. The molecule has 0 unspecified atom stereocenters. The molecule has 7 heteroatoms. The highest BCUT2D eigenvalue weighted by atomic mass is 127. The van der Waals surface area contributed by atoms with Gasteiger partial charge >= 0.3 is 0 Å². The summed E-state index contributed by atoms with van der Waals surface area (Å²) < 4.78 is 19.3. The molecule has 1 aliphatic heterocycles. The van der Waals surface area contributed by atoms with Crippen LogP contribution in [0, 0.1) is 5.82 Å². The van der Waals surface area contributed by atoms with Gasteiger partial charge in [0, 0.05) is 52.5 Å². The average Bonchev–Trinajstić information content (AvgIpc) is 2.64. The van der Waals surface area contributed by atoms with E-state index in [0.717, 1.165) is 71.3 Å². The first-order chi connectivity index (χ1) is 12.3. The molecule has 0 amide bonds. The first-order valence-electron chi connectivity index (χ1n) is 9.36. The van der Waals surface area contributed by atoms with Crippen LogP contribution in [0.4, 0.5) is 10.1 Å². The summed E-state index contributed by atoms with van der Waals surface area (Å²) in [5, 5.41) is 3.37.